The number of fused-ring (bicyclic) bond motifs is 1. The minimum atomic E-state index is 1.03. The van der Waals surface area contributed by atoms with Crippen molar-refractivity contribution in [2.75, 3.05) is 0 Å². The molecule has 1 nitrogen and oxygen atoms in total. The second kappa shape index (κ2) is 5.37. The van der Waals surface area contributed by atoms with Crippen LogP contribution in [0.15, 0.2) is 53.0 Å². The summed E-state index contributed by atoms with van der Waals surface area (Å²) in [5.41, 5.74) is 5.89. The van der Waals surface area contributed by atoms with E-state index >= 15 is 0 Å². The van der Waals surface area contributed by atoms with Gasteiger partial charge in [0.2, 0.25) is 0 Å². The fourth-order valence-electron chi connectivity index (χ4n) is 2.39. The molecule has 0 unspecified atom stereocenters. The van der Waals surface area contributed by atoms with E-state index in [1.807, 2.05) is 6.92 Å². The number of aryl methyl sites for hydroxylation is 2. The number of halogens is 1. The lowest BCUT2D eigenvalue weighted by Crippen LogP contribution is -1.87. The molecule has 0 radical (unpaired) electrons. The molecule has 0 bridgehead atoms. The molecule has 100 valence electrons. The van der Waals surface area contributed by atoms with Crippen molar-refractivity contribution in [1.82, 2.24) is 4.98 Å². The predicted octanol–water partition coefficient (Wildman–Crippen LogP) is 5.54. The molecule has 1 aromatic heterocycles. The summed E-state index contributed by atoms with van der Waals surface area (Å²) in [6.07, 6.45) is 1.07. The minimum absolute atomic E-state index is 1.03. The molecule has 3 rings (SSSR count). The van der Waals surface area contributed by atoms with Gasteiger partial charge in [-0.1, -0.05) is 37.3 Å². The molecule has 0 saturated carbocycles. The molecule has 20 heavy (non-hydrogen) atoms. The molecule has 0 saturated heterocycles. The summed E-state index contributed by atoms with van der Waals surface area (Å²) in [4.78, 5) is 4.59. The van der Waals surface area contributed by atoms with Gasteiger partial charge in [-0.25, -0.2) is 0 Å². The molecule has 0 fully saturated rings. The Morgan fingerprint density at radius 2 is 1.70 bits per heavy atom. The van der Waals surface area contributed by atoms with E-state index < -0.39 is 0 Å². The smallest absolute Gasteiger partial charge is 0.0847 e. The number of pyridine rings is 1. The Kier molecular flexibility index (Phi) is 3.58. The van der Waals surface area contributed by atoms with Crippen LogP contribution < -0.4 is 0 Å². The Morgan fingerprint density at radius 1 is 0.950 bits per heavy atom. The van der Waals surface area contributed by atoms with Crippen LogP contribution in [0.25, 0.3) is 22.0 Å². The fraction of sp³-hybridized carbons (Fsp3) is 0.167. The summed E-state index contributed by atoms with van der Waals surface area (Å²) in [6, 6.07) is 17.3. The lowest BCUT2D eigenvalue weighted by Gasteiger charge is -2.07. The van der Waals surface area contributed by atoms with Crippen LogP contribution in [0.3, 0.4) is 0 Å². The molecule has 3 aromatic rings. The molecular weight excluding hydrogens is 310 g/mol. The first-order valence-electron chi connectivity index (χ1n) is 6.83. The molecule has 0 spiro atoms. The third-order valence-electron chi connectivity index (χ3n) is 3.58. The summed E-state index contributed by atoms with van der Waals surface area (Å²) in [5, 5.41) is 1.17. The fourth-order valence-corrected chi connectivity index (χ4v) is 2.95. The highest BCUT2D eigenvalue weighted by atomic mass is 79.9. The summed E-state index contributed by atoms with van der Waals surface area (Å²) in [5.74, 6) is 0. The van der Waals surface area contributed by atoms with Gasteiger partial charge < -0.3 is 0 Å². The van der Waals surface area contributed by atoms with Crippen molar-refractivity contribution in [2.24, 2.45) is 0 Å². The summed E-state index contributed by atoms with van der Waals surface area (Å²) in [6.45, 7) is 4.19. The average molecular weight is 326 g/mol. The van der Waals surface area contributed by atoms with Crippen molar-refractivity contribution in [3.63, 3.8) is 0 Å². The highest BCUT2D eigenvalue weighted by Gasteiger charge is 2.05. The van der Waals surface area contributed by atoms with Gasteiger partial charge in [-0.2, -0.15) is 0 Å². The van der Waals surface area contributed by atoms with E-state index in [-0.39, 0.29) is 0 Å². The van der Waals surface area contributed by atoms with Gasteiger partial charge >= 0.3 is 0 Å². The van der Waals surface area contributed by atoms with Crippen molar-refractivity contribution in [3.05, 3.63) is 64.3 Å². The average Bonchev–Trinajstić information content (AvgIpc) is 2.48. The second-order valence-electron chi connectivity index (χ2n) is 5.03. The molecule has 0 N–H and O–H groups in total. The maximum Gasteiger partial charge on any atom is 0.0847 e. The highest BCUT2D eigenvalue weighted by molar-refractivity contribution is 9.10. The lowest BCUT2D eigenvalue weighted by molar-refractivity contribution is 1.14. The second-order valence-corrected chi connectivity index (χ2v) is 5.89. The van der Waals surface area contributed by atoms with Crippen molar-refractivity contribution in [2.45, 2.75) is 20.3 Å². The normalized spacial score (nSPS) is 10.9. The van der Waals surface area contributed by atoms with Crippen molar-refractivity contribution in [1.29, 1.82) is 0 Å². The van der Waals surface area contributed by atoms with Crippen molar-refractivity contribution >= 4 is 26.8 Å². The van der Waals surface area contributed by atoms with Crippen LogP contribution in [0.2, 0.25) is 0 Å². The number of benzene rings is 2. The molecular formula is C18H16BrN. The van der Waals surface area contributed by atoms with E-state index in [9.17, 15) is 0 Å². The van der Waals surface area contributed by atoms with Crippen LogP contribution in [-0.4, -0.2) is 4.98 Å². The topological polar surface area (TPSA) is 12.9 Å². The molecule has 1 heterocycles. The van der Waals surface area contributed by atoms with Gasteiger partial charge in [-0.3, -0.25) is 4.98 Å². The van der Waals surface area contributed by atoms with E-state index in [4.69, 9.17) is 0 Å². The minimum Gasteiger partial charge on any atom is -0.252 e. The molecule has 0 aliphatic heterocycles. The predicted molar refractivity (Wildman–Crippen MR) is 89.0 cm³/mol. The summed E-state index contributed by atoms with van der Waals surface area (Å²) in [7, 11) is 0. The van der Waals surface area contributed by atoms with E-state index in [2.05, 4.69) is 76.4 Å². The number of aromatic nitrogens is 1. The first-order chi connectivity index (χ1) is 9.67. The largest absolute Gasteiger partial charge is 0.252 e. The van der Waals surface area contributed by atoms with E-state index in [0.717, 1.165) is 22.1 Å². The number of rotatable bonds is 2. The van der Waals surface area contributed by atoms with Crippen LogP contribution in [-0.2, 0) is 6.42 Å². The van der Waals surface area contributed by atoms with Crippen molar-refractivity contribution in [3.8, 4) is 11.1 Å². The lowest BCUT2D eigenvalue weighted by atomic mass is 10.0. The standard InChI is InChI=1S/C18H16BrN/c1-3-13-5-8-14(9-6-13)16-10-15-7-4-12(2)20-18(15)17(19)11-16/h4-11H,3H2,1-2H3. The first kappa shape index (κ1) is 13.3. The third-order valence-corrected chi connectivity index (χ3v) is 4.19. The Labute approximate surface area is 127 Å². The Hall–Kier alpha value is -1.67. The Morgan fingerprint density at radius 3 is 2.40 bits per heavy atom. The summed E-state index contributed by atoms with van der Waals surface area (Å²) < 4.78 is 1.05. The zero-order valence-electron chi connectivity index (χ0n) is 11.7. The quantitative estimate of drug-likeness (QED) is 0.603. The van der Waals surface area contributed by atoms with Crippen LogP contribution >= 0.6 is 15.9 Å². The van der Waals surface area contributed by atoms with Gasteiger partial charge in [0.15, 0.2) is 0 Å². The summed E-state index contributed by atoms with van der Waals surface area (Å²) >= 11 is 3.64. The third kappa shape index (κ3) is 2.48. The number of nitrogens with zero attached hydrogens (tertiary/aromatic N) is 1. The first-order valence-corrected chi connectivity index (χ1v) is 7.63. The zero-order chi connectivity index (χ0) is 14.1. The van der Waals surface area contributed by atoms with Gasteiger partial charge in [-0.05, 0) is 64.2 Å². The van der Waals surface area contributed by atoms with Gasteiger partial charge in [0.1, 0.15) is 0 Å². The van der Waals surface area contributed by atoms with Crippen LogP contribution in [0.1, 0.15) is 18.2 Å². The zero-order valence-corrected chi connectivity index (χ0v) is 13.2. The Bertz CT molecular complexity index is 760. The highest BCUT2D eigenvalue weighted by Crippen LogP contribution is 2.30. The van der Waals surface area contributed by atoms with Crippen LogP contribution in [0.4, 0.5) is 0 Å². The van der Waals surface area contributed by atoms with Gasteiger partial charge in [0, 0.05) is 15.6 Å². The maximum absolute atomic E-state index is 4.59. The molecule has 0 atom stereocenters. The molecule has 0 aliphatic carbocycles. The molecule has 0 amide bonds. The van der Waals surface area contributed by atoms with Crippen molar-refractivity contribution < 1.29 is 0 Å². The van der Waals surface area contributed by atoms with E-state index in [0.29, 0.717) is 0 Å². The molecule has 0 aliphatic rings. The number of hydrogen-bond acceptors (Lipinski definition) is 1. The van der Waals surface area contributed by atoms with Gasteiger partial charge in [0.05, 0.1) is 5.52 Å². The van der Waals surface area contributed by atoms with E-state index in [1.165, 1.54) is 22.1 Å². The maximum atomic E-state index is 4.59. The van der Waals surface area contributed by atoms with Crippen LogP contribution in [0.5, 0.6) is 0 Å². The van der Waals surface area contributed by atoms with E-state index in [1.54, 1.807) is 0 Å². The Balaban J connectivity index is 2.14. The molecule has 2 aromatic carbocycles. The van der Waals surface area contributed by atoms with Gasteiger partial charge in [0.25, 0.3) is 0 Å². The monoisotopic (exact) mass is 325 g/mol. The van der Waals surface area contributed by atoms with Gasteiger partial charge in [-0.15, -0.1) is 0 Å². The number of hydrogen-bond donors (Lipinski definition) is 0. The van der Waals surface area contributed by atoms with Crippen LogP contribution in [0, 0.1) is 6.92 Å². The molecule has 2 heteroatoms. The SMILES string of the molecule is CCc1ccc(-c2cc(Br)c3nc(C)ccc3c2)cc1.